The summed E-state index contributed by atoms with van der Waals surface area (Å²) in [5, 5.41) is 3.47. The second-order valence-electron chi connectivity index (χ2n) is 5.87. The van der Waals surface area contributed by atoms with E-state index in [0.717, 1.165) is 24.0 Å². The highest BCUT2D eigenvalue weighted by molar-refractivity contribution is 5.74. The van der Waals surface area contributed by atoms with Crippen LogP contribution < -0.4 is 15.0 Å². The fourth-order valence-corrected chi connectivity index (χ4v) is 4.16. The molecule has 0 aromatic carbocycles. The third-order valence-electron chi connectivity index (χ3n) is 4.94. The first-order chi connectivity index (χ1) is 9.38. The van der Waals surface area contributed by atoms with E-state index in [1.165, 1.54) is 32.1 Å². The van der Waals surface area contributed by atoms with Gasteiger partial charge in [0.05, 0.1) is 7.11 Å². The molecule has 1 saturated heterocycles. The van der Waals surface area contributed by atoms with Gasteiger partial charge in [-0.3, -0.25) is 0 Å². The van der Waals surface area contributed by atoms with Crippen LogP contribution in [-0.2, 0) is 0 Å². The van der Waals surface area contributed by atoms with Crippen molar-refractivity contribution in [2.75, 3.05) is 23.9 Å². The number of nitrogens with one attached hydrogen (secondary N) is 1. The van der Waals surface area contributed by atoms with Crippen LogP contribution >= 0.6 is 0 Å². The SMILES string of the molecule is COc1ncnc2c1NCC1CC3CCCCC3N21. The van der Waals surface area contributed by atoms with Crippen molar-refractivity contribution < 1.29 is 4.74 Å². The minimum Gasteiger partial charge on any atom is -0.479 e. The van der Waals surface area contributed by atoms with Gasteiger partial charge < -0.3 is 15.0 Å². The van der Waals surface area contributed by atoms with Gasteiger partial charge in [-0.15, -0.1) is 0 Å². The Morgan fingerprint density at radius 3 is 3.11 bits per heavy atom. The van der Waals surface area contributed by atoms with Gasteiger partial charge >= 0.3 is 0 Å². The van der Waals surface area contributed by atoms with Crippen LogP contribution in [0.4, 0.5) is 11.5 Å². The van der Waals surface area contributed by atoms with Gasteiger partial charge in [0.1, 0.15) is 12.0 Å². The van der Waals surface area contributed by atoms with Crippen LogP contribution in [-0.4, -0.2) is 35.7 Å². The molecule has 5 nitrogen and oxygen atoms in total. The van der Waals surface area contributed by atoms with E-state index in [4.69, 9.17) is 4.74 Å². The fraction of sp³-hybridized carbons (Fsp3) is 0.714. The molecular weight excluding hydrogens is 240 g/mol. The Bertz CT molecular complexity index is 492. The van der Waals surface area contributed by atoms with Crippen LogP contribution in [0.3, 0.4) is 0 Å². The molecule has 4 rings (SSSR count). The molecule has 0 amide bonds. The van der Waals surface area contributed by atoms with Gasteiger partial charge in [-0.25, -0.2) is 4.98 Å². The van der Waals surface area contributed by atoms with Gasteiger partial charge in [0.2, 0.25) is 5.88 Å². The molecule has 3 atom stereocenters. The van der Waals surface area contributed by atoms with E-state index in [1.54, 1.807) is 13.4 Å². The van der Waals surface area contributed by atoms with Crippen molar-refractivity contribution in [2.45, 2.75) is 44.2 Å². The molecule has 1 saturated carbocycles. The largest absolute Gasteiger partial charge is 0.479 e. The van der Waals surface area contributed by atoms with Crippen LogP contribution in [0.25, 0.3) is 0 Å². The standard InChI is InChI=1S/C14H20N4O/c1-19-14-12-13(16-8-17-14)18-10(7-15-12)6-9-4-2-3-5-11(9)18/h8-11,15H,2-7H2,1H3. The van der Waals surface area contributed by atoms with E-state index in [2.05, 4.69) is 20.2 Å². The molecule has 0 radical (unpaired) electrons. The number of aromatic nitrogens is 2. The molecule has 0 bridgehead atoms. The van der Waals surface area contributed by atoms with Gasteiger partial charge in [-0.05, 0) is 25.2 Å². The van der Waals surface area contributed by atoms with Crippen molar-refractivity contribution in [1.82, 2.24) is 9.97 Å². The smallest absolute Gasteiger partial charge is 0.242 e. The molecule has 3 heterocycles. The molecule has 2 aliphatic heterocycles. The van der Waals surface area contributed by atoms with E-state index >= 15 is 0 Å². The van der Waals surface area contributed by atoms with Crippen molar-refractivity contribution in [3.63, 3.8) is 0 Å². The summed E-state index contributed by atoms with van der Waals surface area (Å²) in [4.78, 5) is 11.3. The molecule has 1 aliphatic carbocycles. The summed E-state index contributed by atoms with van der Waals surface area (Å²) < 4.78 is 5.36. The summed E-state index contributed by atoms with van der Waals surface area (Å²) in [7, 11) is 1.67. The van der Waals surface area contributed by atoms with Crippen molar-refractivity contribution >= 4 is 11.5 Å². The number of methoxy groups -OCH3 is 1. The first-order valence-corrected chi connectivity index (χ1v) is 7.29. The van der Waals surface area contributed by atoms with Crippen molar-refractivity contribution in [3.8, 4) is 5.88 Å². The lowest BCUT2D eigenvalue weighted by atomic mass is 9.85. The quantitative estimate of drug-likeness (QED) is 0.837. The molecule has 1 N–H and O–H groups in total. The first-order valence-electron chi connectivity index (χ1n) is 7.29. The van der Waals surface area contributed by atoms with Crippen molar-refractivity contribution in [3.05, 3.63) is 6.33 Å². The molecule has 0 spiro atoms. The zero-order chi connectivity index (χ0) is 12.8. The van der Waals surface area contributed by atoms with E-state index in [1.807, 2.05) is 0 Å². The first kappa shape index (κ1) is 11.3. The van der Waals surface area contributed by atoms with Gasteiger partial charge in [-0.1, -0.05) is 12.8 Å². The Balaban J connectivity index is 1.76. The van der Waals surface area contributed by atoms with E-state index in [0.29, 0.717) is 18.0 Å². The van der Waals surface area contributed by atoms with Crippen molar-refractivity contribution in [1.29, 1.82) is 0 Å². The highest BCUT2D eigenvalue weighted by Crippen LogP contribution is 2.47. The van der Waals surface area contributed by atoms with Gasteiger partial charge in [0, 0.05) is 18.6 Å². The predicted molar refractivity (Wildman–Crippen MR) is 73.7 cm³/mol. The third-order valence-corrected chi connectivity index (χ3v) is 4.94. The molecule has 5 heteroatoms. The maximum atomic E-state index is 5.36. The summed E-state index contributed by atoms with van der Waals surface area (Å²) >= 11 is 0. The van der Waals surface area contributed by atoms with Crippen LogP contribution in [0.2, 0.25) is 0 Å². The van der Waals surface area contributed by atoms with Crippen LogP contribution in [0.1, 0.15) is 32.1 Å². The zero-order valence-corrected chi connectivity index (χ0v) is 11.3. The summed E-state index contributed by atoms with van der Waals surface area (Å²) in [5.41, 5.74) is 0.979. The van der Waals surface area contributed by atoms with Crippen LogP contribution in [0, 0.1) is 5.92 Å². The lowest BCUT2D eigenvalue weighted by Crippen LogP contribution is -2.45. The summed E-state index contributed by atoms with van der Waals surface area (Å²) in [5.74, 6) is 2.58. The molecule has 3 unspecified atom stereocenters. The summed E-state index contributed by atoms with van der Waals surface area (Å²) in [6.07, 6.45) is 8.38. The Hall–Kier alpha value is -1.52. The predicted octanol–water partition coefficient (Wildman–Crippen LogP) is 2.05. The average Bonchev–Trinajstić information content (AvgIpc) is 2.85. The number of anilines is 2. The topological polar surface area (TPSA) is 50.3 Å². The number of nitrogens with zero attached hydrogens (tertiary/aromatic N) is 3. The molecule has 19 heavy (non-hydrogen) atoms. The number of rotatable bonds is 1. The maximum Gasteiger partial charge on any atom is 0.242 e. The Labute approximate surface area is 113 Å². The summed E-state index contributed by atoms with van der Waals surface area (Å²) in [6, 6.07) is 1.28. The minimum absolute atomic E-state index is 0.597. The molecule has 1 aromatic heterocycles. The fourth-order valence-electron chi connectivity index (χ4n) is 4.16. The Morgan fingerprint density at radius 2 is 2.21 bits per heavy atom. The van der Waals surface area contributed by atoms with Gasteiger partial charge in [0.15, 0.2) is 5.82 Å². The van der Waals surface area contributed by atoms with Crippen molar-refractivity contribution in [2.24, 2.45) is 5.92 Å². The molecule has 1 aromatic rings. The zero-order valence-electron chi connectivity index (χ0n) is 11.3. The minimum atomic E-state index is 0.597. The summed E-state index contributed by atoms with van der Waals surface area (Å²) in [6.45, 7) is 0.990. The lowest BCUT2D eigenvalue weighted by molar-refractivity contribution is 0.341. The van der Waals surface area contributed by atoms with Crippen LogP contribution in [0.5, 0.6) is 5.88 Å². The molecule has 102 valence electrons. The Morgan fingerprint density at radius 1 is 1.32 bits per heavy atom. The van der Waals surface area contributed by atoms with Crippen LogP contribution in [0.15, 0.2) is 6.33 Å². The van der Waals surface area contributed by atoms with Gasteiger partial charge in [0.25, 0.3) is 0 Å². The molecule has 3 aliphatic rings. The highest BCUT2D eigenvalue weighted by Gasteiger charge is 2.45. The highest BCUT2D eigenvalue weighted by atomic mass is 16.5. The lowest BCUT2D eigenvalue weighted by Gasteiger charge is -2.39. The number of fused-ring (bicyclic) bond motifs is 5. The molecule has 2 fully saturated rings. The average molecular weight is 260 g/mol. The Kier molecular flexibility index (Phi) is 2.53. The third kappa shape index (κ3) is 1.60. The number of hydrogen-bond donors (Lipinski definition) is 1. The monoisotopic (exact) mass is 260 g/mol. The number of hydrogen-bond acceptors (Lipinski definition) is 5. The number of ether oxygens (including phenoxy) is 1. The van der Waals surface area contributed by atoms with E-state index in [9.17, 15) is 0 Å². The second-order valence-corrected chi connectivity index (χ2v) is 5.87. The van der Waals surface area contributed by atoms with E-state index < -0.39 is 0 Å². The normalized spacial score (nSPS) is 32.1. The van der Waals surface area contributed by atoms with Gasteiger partial charge in [-0.2, -0.15) is 4.98 Å². The maximum absolute atomic E-state index is 5.36. The van der Waals surface area contributed by atoms with E-state index in [-0.39, 0.29) is 0 Å². The molecular formula is C14H20N4O. The second kappa shape index (κ2) is 4.25.